The first-order chi connectivity index (χ1) is 19.6. The molecule has 0 N–H and O–H groups in total. The van der Waals surface area contributed by atoms with Crippen molar-refractivity contribution < 1.29 is 19.2 Å². The normalized spacial score (nSPS) is 11.5. The first-order valence-electron chi connectivity index (χ1n) is 14.0. The molecule has 0 amide bonds. The van der Waals surface area contributed by atoms with Gasteiger partial charge in [-0.25, -0.2) is 9.97 Å². The molecule has 216 valence electrons. The summed E-state index contributed by atoms with van der Waals surface area (Å²) in [5.74, 6) is 1.24. The zero-order valence-corrected chi connectivity index (χ0v) is 26.1. The van der Waals surface area contributed by atoms with Gasteiger partial charge in [0.2, 0.25) is 11.8 Å². The molecule has 10 heteroatoms. The van der Waals surface area contributed by atoms with Gasteiger partial charge in [-0.15, -0.1) is 0 Å². The van der Waals surface area contributed by atoms with Crippen molar-refractivity contribution in [2.45, 2.75) is 73.6 Å². The monoisotopic (exact) mass is 592 g/mol. The predicted octanol–water partition coefficient (Wildman–Crippen LogP) is 7.34. The maximum absolute atomic E-state index is 13.0. The highest BCUT2D eigenvalue weighted by Gasteiger charge is 2.23. The maximum atomic E-state index is 13.0. The van der Waals surface area contributed by atoms with Gasteiger partial charge in [0.1, 0.15) is 0 Å². The van der Waals surface area contributed by atoms with E-state index in [1.165, 1.54) is 32.7 Å². The van der Waals surface area contributed by atoms with Crippen LogP contribution in [0.1, 0.15) is 99.0 Å². The summed E-state index contributed by atoms with van der Waals surface area (Å²) >= 11 is 2.34. The number of aromatic nitrogens is 4. The Balaban J connectivity index is 1.31. The van der Waals surface area contributed by atoms with Crippen LogP contribution in [-0.4, -0.2) is 52.7 Å². The number of rotatable bonds is 10. The van der Waals surface area contributed by atoms with Crippen LogP contribution < -0.4 is 0 Å². The van der Waals surface area contributed by atoms with Crippen molar-refractivity contribution in [3.05, 3.63) is 58.2 Å². The number of benzene rings is 2. The summed E-state index contributed by atoms with van der Waals surface area (Å²) in [5, 5.41) is -0.430. The Kier molecular flexibility index (Phi) is 9.86. The second-order valence-electron chi connectivity index (χ2n) is 10.2. The van der Waals surface area contributed by atoms with E-state index in [-0.39, 0.29) is 46.5 Å². The molecule has 2 heterocycles. The number of hydrogen-bond donors (Lipinski definition) is 0. The van der Waals surface area contributed by atoms with Gasteiger partial charge in [0.05, 0.1) is 22.1 Å². The molecule has 0 spiro atoms. The van der Waals surface area contributed by atoms with Crippen molar-refractivity contribution >= 4 is 67.6 Å². The van der Waals surface area contributed by atoms with Crippen LogP contribution in [0.2, 0.25) is 0 Å². The van der Waals surface area contributed by atoms with Gasteiger partial charge in [-0.05, 0) is 87.1 Å². The number of thioether (sulfide) groups is 2. The average Bonchev–Trinajstić information content (AvgIpc) is 3.50. The summed E-state index contributed by atoms with van der Waals surface area (Å²) in [7, 11) is 0. The van der Waals surface area contributed by atoms with Crippen molar-refractivity contribution in [3.8, 4) is 0 Å². The topological polar surface area (TPSA) is 104 Å². The van der Waals surface area contributed by atoms with E-state index in [9.17, 15) is 19.2 Å². The SMILES string of the molecule is CCC(=O)n1c(C(=O)SCCCCCSC(=O)c2nc3cc(C)c(C)cc3n2C(=O)CC)nc2cc(C)c(C)cc21. The van der Waals surface area contributed by atoms with Crippen molar-refractivity contribution in [1.82, 2.24) is 19.1 Å². The minimum atomic E-state index is -0.215. The Labute approximate surface area is 248 Å². The maximum Gasteiger partial charge on any atom is 0.255 e. The molecule has 41 heavy (non-hydrogen) atoms. The quantitative estimate of drug-likeness (QED) is 0.176. The lowest BCUT2D eigenvalue weighted by Gasteiger charge is -2.07. The molecule has 0 unspecified atom stereocenters. The number of unbranched alkanes of at least 4 members (excludes halogenated alkanes) is 2. The van der Waals surface area contributed by atoms with E-state index in [4.69, 9.17) is 0 Å². The fourth-order valence-corrected chi connectivity index (χ4v) is 6.20. The van der Waals surface area contributed by atoms with E-state index < -0.39 is 0 Å². The Bertz CT molecular complexity index is 1550. The number of fused-ring (bicyclic) bond motifs is 2. The van der Waals surface area contributed by atoms with Gasteiger partial charge in [-0.1, -0.05) is 43.8 Å². The van der Waals surface area contributed by atoms with E-state index in [1.807, 2.05) is 52.0 Å². The van der Waals surface area contributed by atoms with Crippen LogP contribution in [0.5, 0.6) is 0 Å². The smallest absolute Gasteiger partial charge is 0.255 e. The molecular formula is C31H36N4O4S2. The second-order valence-corrected chi connectivity index (χ2v) is 12.4. The molecule has 8 nitrogen and oxygen atoms in total. The summed E-state index contributed by atoms with van der Waals surface area (Å²) in [6.07, 6.45) is 2.98. The minimum absolute atomic E-state index is 0.152. The highest BCUT2D eigenvalue weighted by atomic mass is 32.2. The minimum Gasteiger partial charge on any atom is -0.278 e. The van der Waals surface area contributed by atoms with Gasteiger partial charge >= 0.3 is 0 Å². The van der Waals surface area contributed by atoms with E-state index in [0.717, 1.165) is 41.5 Å². The first-order valence-corrected chi connectivity index (χ1v) is 15.9. The predicted molar refractivity (Wildman–Crippen MR) is 168 cm³/mol. The van der Waals surface area contributed by atoms with Crippen molar-refractivity contribution in [3.63, 3.8) is 0 Å². The lowest BCUT2D eigenvalue weighted by atomic mass is 10.1. The molecule has 2 aromatic carbocycles. The van der Waals surface area contributed by atoms with Crippen LogP contribution in [0, 0.1) is 27.7 Å². The summed E-state index contributed by atoms with van der Waals surface area (Å²) in [4.78, 5) is 60.4. The largest absolute Gasteiger partial charge is 0.278 e. The number of carbonyl (C=O) groups is 4. The molecule has 4 rings (SSSR count). The van der Waals surface area contributed by atoms with Gasteiger partial charge in [0.25, 0.3) is 10.2 Å². The van der Waals surface area contributed by atoms with Crippen LogP contribution in [0.4, 0.5) is 0 Å². The number of imidazole rings is 2. The van der Waals surface area contributed by atoms with Crippen molar-refractivity contribution in [2.24, 2.45) is 0 Å². The number of carbonyl (C=O) groups excluding carboxylic acids is 4. The molecule has 0 radical (unpaired) electrons. The van der Waals surface area contributed by atoms with Gasteiger partial charge in [-0.2, -0.15) is 0 Å². The number of aryl methyl sites for hydroxylation is 4. The Morgan fingerprint density at radius 2 is 0.976 bits per heavy atom. The average molecular weight is 593 g/mol. The summed E-state index contributed by atoms with van der Waals surface area (Å²) in [6, 6.07) is 7.67. The molecule has 0 aliphatic rings. The summed E-state index contributed by atoms with van der Waals surface area (Å²) in [6.45, 7) is 11.5. The van der Waals surface area contributed by atoms with Crippen LogP contribution in [-0.2, 0) is 0 Å². The highest BCUT2D eigenvalue weighted by molar-refractivity contribution is 8.14. The van der Waals surface area contributed by atoms with Gasteiger partial charge in [-0.3, -0.25) is 28.3 Å². The number of nitrogens with zero attached hydrogens (tertiary/aromatic N) is 4. The van der Waals surface area contributed by atoms with Crippen LogP contribution >= 0.6 is 23.5 Å². The third-order valence-electron chi connectivity index (χ3n) is 7.26. The molecule has 0 bridgehead atoms. The molecule has 0 aliphatic heterocycles. The molecule has 0 atom stereocenters. The van der Waals surface area contributed by atoms with E-state index >= 15 is 0 Å². The third kappa shape index (κ3) is 6.48. The summed E-state index contributed by atoms with van der Waals surface area (Å²) < 4.78 is 2.91. The fraction of sp³-hybridized carbons (Fsp3) is 0.419. The van der Waals surface area contributed by atoms with Crippen LogP contribution in [0.3, 0.4) is 0 Å². The van der Waals surface area contributed by atoms with Gasteiger partial charge in [0, 0.05) is 24.3 Å². The molecule has 4 aromatic rings. The van der Waals surface area contributed by atoms with Gasteiger partial charge in [0.15, 0.2) is 11.6 Å². The Morgan fingerprint density at radius 1 is 0.610 bits per heavy atom. The lowest BCUT2D eigenvalue weighted by Crippen LogP contribution is -2.16. The van der Waals surface area contributed by atoms with E-state index in [1.54, 1.807) is 13.8 Å². The lowest BCUT2D eigenvalue weighted by molar-refractivity contribution is 0.0894. The number of hydrogen-bond acceptors (Lipinski definition) is 8. The zero-order chi connectivity index (χ0) is 29.8. The van der Waals surface area contributed by atoms with Crippen molar-refractivity contribution in [2.75, 3.05) is 11.5 Å². The third-order valence-corrected chi connectivity index (χ3v) is 9.14. The van der Waals surface area contributed by atoms with E-state index in [2.05, 4.69) is 9.97 Å². The van der Waals surface area contributed by atoms with E-state index in [0.29, 0.717) is 33.6 Å². The highest BCUT2D eigenvalue weighted by Crippen LogP contribution is 2.26. The molecule has 0 fully saturated rings. The van der Waals surface area contributed by atoms with Crippen LogP contribution in [0.25, 0.3) is 22.1 Å². The molecule has 0 saturated carbocycles. The molecule has 0 saturated heterocycles. The molecule has 2 aromatic heterocycles. The molecule has 0 aliphatic carbocycles. The fourth-order valence-electron chi connectivity index (χ4n) is 4.60. The first kappa shape index (κ1) is 30.7. The Hall–Kier alpha value is -3.24. The van der Waals surface area contributed by atoms with Crippen molar-refractivity contribution in [1.29, 1.82) is 0 Å². The molecular weight excluding hydrogens is 556 g/mol. The van der Waals surface area contributed by atoms with Gasteiger partial charge < -0.3 is 0 Å². The Morgan fingerprint density at radius 3 is 1.34 bits per heavy atom. The van der Waals surface area contributed by atoms with Crippen LogP contribution in [0.15, 0.2) is 24.3 Å². The standard InChI is InChI=1S/C31H36N4O4S2/c1-7-26(36)34-24-16-20(5)18(3)14-22(24)32-28(34)30(38)40-12-10-9-11-13-41-31(39)29-33-23-15-19(4)21(6)17-25(23)35(29)27(37)8-2/h14-17H,7-13H2,1-6H3. The second kappa shape index (κ2) is 13.2. The summed E-state index contributed by atoms with van der Waals surface area (Å²) in [5.41, 5.74) is 6.87. The zero-order valence-electron chi connectivity index (χ0n) is 24.5.